The van der Waals surface area contributed by atoms with Gasteiger partial charge in [0.15, 0.2) is 0 Å². The van der Waals surface area contributed by atoms with Gasteiger partial charge in [-0.2, -0.15) is 0 Å². The van der Waals surface area contributed by atoms with Gasteiger partial charge < -0.3 is 29.3 Å². The molecule has 34 heavy (non-hydrogen) atoms. The number of carbonyl (C=O) groups excluding carboxylic acids is 2. The smallest absolute Gasteiger partial charge is 0.374 e. The summed E-state index contributed by atoms with van der Waals surface area (Å²) in [5.41, 5.74) is 1.27. The fourth-order valence-electron chi connectivity index (χ4n) is 5.16. The van der Waals surface area contributed by atoms with Crippen LogP contribution in [0.5, 0.6) is 0 Å². The molecule has 2 N–H and O–H groups in total. The Bertz CT molecular complexity index is 952. The molecule has 1 aromatic heterocycles. The second-order valence-electron chi connectivity index (χ2n) is 9.23. The van der Waals surface area contributed by atoms with Gasteiger partial charge in [-0.1, -0.05) is 32.1 Å². The molecule has 8 heteroatoms. The second-order valence-corrected chi connectivity index (χ2v) is 9.23. The van der Waals surface area contributed by atoms with Crippen LogP contribution in [0.3, 0.4) is 0 Å². The molecule has 2 aliphatic rings. The van der Waals surface area contributed by atoms with Crippen molar-refractivity contribution in [2.24, 2.45) is 11.8 Å². The number of hydrogen-bond donors (Lipinski definition) is 2. The molecule has 1 aliphatic carbocycles. The predicted octanol–water partition coefficient (Wildman–Crippen LogP) is 4.14. The van der Waals surface area contributed by atoms with E-state index in [4.69, 9.17) is 18.6 Å². The summed E-state index contributed by atoms with van der Waals surface area (Å²) in [5, 5.41) is 7.22. The van der Waals surface area contributed by atoms with Crippen LogP contribution in [0, 0.1) is 11.8 Å². The molecule has 0 spiro atoms. The maximum Gasteiger partial charge on any atom is 0.374 e. The summed E-state index contributed by atoms with van der Waals surface area (Å²) in [5.74, 6) is 0.701. The lowest BCUT2D eigenvalue weighted by atomic mass is 9.76. The molecule has 1 aliphatic heterocycles. The lowest BCUT2D eigenvalue weighted by Crippen LogP contribution is -2.42. The molecule has 4 rings (SSSR count). The number of esters is 1. The molecule has 1 amide bonds. The lowest BCUT2D eigenvalue weighted by molar-refractivity contribution is -0.119. The molecular formula is C26H36N2O6. The maximum absolute atomic E-state index is 13.1. The Morgan fingerprint density at radius 2 is 1.91 bits per heavy atom. The van der Waals surface area contributed by atoms with Crippen molar-refractivity contribution >= 4 is 28.5 Å². The zero-order valence-electron chi connectivity index (χ0n) is 20.0. The van der Waals surface area contributed by atoms with Crippen LogP contribution < -0.4 is 10.6 Å². The average Bonchev–Trinajstić information content (AvgIpc) is 3.51. The minimum absolute atomic E-state index is 0.0169. The highest BCUT2D eigenvalue weighted by Gasteiger charge is 2.38. The van der Waals surface area contributed by atoms with Gasteiger partial charge in [0.25, 0.3) is 0 Å². The van der Waals surface area contributed by atoms with Crippen LogP contribution in [-0.4, -0.2) is 58.0 Å². The third-order valence-corrected chi connectivity index (χ3v) is 6.89. The van der Waals surface area contributed by atoms with Gasteiger partial charge in [-0.05, 0) is 49.1 Å². The Morgan fingerprint density at radius 3 is 2.74 bits per heavy atom. The van der Waals surface area contributed by atoms with Gasteiger partial charge in [0.1, 0.15) is 5.58 Å². The average molecular weight is 473 g/mol. The highest BCUT2D eigenvalue weighted by molar-refractivity contribution is 5.98. The summed E-state index contributed by atoms with van der Waals surface area (Å²) < 4.78 is 21.2. The first-order valence-corrected chi connectivity index (χ1v) is 12.5. The van der Waals surface area contributed by atoms with Crippen molar-refractivity contribution in [3.63, 3.8) is 0 Å². The molecular weight excluding hydrogens is 436 g/mol. The summed E-state index contributed by atoms with van der Waals surface area (Å²) in [4.78, 5) is 25.4. The number of fused-ring (bicyclic) bond motifs is 1. The van der Waals surface area contributed by atoms with Crippen molar-refractivity contribution < 1.29 is 28.2 Å². The number of carbonyl (C=O) groups is 2. The van der Waals surface area contributed by atoms with Crippen LogP contribution in [0.4, 0.5) is 5.69 Å². The number of rotatable bonds is 11. The molecule has 0 radical (unpaired) electrons. The minimum Gasteiger partial charge on any atom is -0.460 e. The SMILES string of the molecule is COCCOCCCOC(=O)c1cc2cc(NC(=O)[C@H]3NCC[C@H]3C3CCCCC3)ccc2o1. The second kappa shape index (κ2) is 12.3. The van der Waals surface area contributed by atoms with Crippen LogP contribution in [0.2, 0.25) is 0 Å². The van der Waals surface area contributed by atoms with E-state index in [1.54, 1.807) is 25.3 Å². The summed E-state index contributed by atoms with van der Waals surface area (Å²) in [6.07, 6.45) is 8.00. The maximum atomic E-state index is 13.1. The molecule has 1 aromatic carbocycles. The van der Waals surface area contributed by atoms with Gasteiger partial charge in [0, 0.05) is 31.2 Å². The van der Waals surface area contributed by atoms with Gasteiger partial charge >= 0.3 is 5.97 Å². The quantitative estimate of drug-likeness (QED) is 0.375. The van der Waals surface area contributed by atoms with Gasteiger partial charge in [-0.15, -0.1) is 0 Å². The van der Waals surface area contributed by atoms with E-state index in [9.17, 15) is 9.59 Å². The first-order chi connectivity index (χ1) is 16.7. The molecule has 186 valence electrons. The number of ether oxygens (including phenoxy) is 3. The summed E-state index contributed by atoms with van der Waals surface area (Å²) in [6.45, 7) is 2.70. The lowest BCUT2D eigenvalue weighted by Gasteiger charge is -2.30. The Balaban J connectivity index is 1.30. The van der Waals surface area contributed by atoms with Crippen LogP contribution >= 0.6 is 0 Å². The van der Waals surface area contributed by atoms with Gasteiger partial charge in [-0.3, -0.25) is 4.79 Å². The van der Waals surface area contributed by atoms with Crippen molar-refractivity contribution in [2.45, 2.75) is 51.0 Å². The normalized spacial score (nSPS) is 21.1. The van der Waals surface area contributed by atoms with Gasteiger partial charge in [-0.25, -0.2) is 4.79 Å². The number of hydrogen-bond acceptors (Lipinski definition) is 7. The number of methoxy groups -OCH3 is 1. The van der Waals surface area contributed by atoms with Crippen molar-refractivity contribution in [1.29, 1.82) is 0 Å². The molecule has 2 fully saturated rings. The van der Waals surface area contributed by atoms with E-state index in [1.165, 1.54) is 32.1 Å². The van der Waals surface area contributed by atoms with Crippen molar-refractivity contribution in [3.05, 3.63) is 30.0 Å². The molecule has 8 nitrogen and oxygen atoms in total. The van der Waals surface area contributed by atoms with Crippen molar-refractivity contribution in [2.75, 3.05) is 45.4 Å². The van der Waals surface area contributed by atoms with Crippen molar-refractivity contribution in [1.82, 2.24) is 5.32 Å². The topological polar surface area (TPSA) is 99.0 Å². The molecule has 0 unspecified atom stereocenters. The molecule has 2 aromatic rings. The summed E-state index contributed by atoms with van der Waals surface area (Å²) in [7, 11) is 1.62. The third kappa shape index (κ3) is 6.37. The Hall–Kier alpha value is -2.42. The number of nitrogens with one attached hydrogen (secondary N) is 2. The molecule has 2 heterocycles. The first kappa shape index (κ1) is 24.7. The predicted molar refractivity (Wildman–Crippen MR) is 129 cm³/mol. The zero-order chi connectivity index (χ0) is 23.8. The highest BCUT2D eigenvalue weighted by atomic mass is 16.5. The third-order valence-electron chi connectivity index (χ3n) is 6.89. The van der Waals surface area contributed by atoms with Crippen LogP contribution in [-0.2, 0) is 19.0 Å². The van der Waals surface area contributed by atoms with E-state index in [1.807, 2.05) is 6.07 Å². The number of furan rings is 1. The summed E-state index contributed by atoms with van der Waals surface area (Å²) >= 11 is 0. The number of benzene rings is 1. The fraction of sp³-hybridized carbons (Fsp3) is 0.615. The molecule has 2 atom stereocenters. The number of anilines is 1. The summed E-state index contributed by atoms with van der Waals surface area (Å²) in [6, 6.07) is 6.92. The largest absolute Gasteiger partial charge is 0.460 e. The number of amides is 1. The highest BCUT2D eigenvalue weighted by Crippen LogP contribution is 2.36. The molecule has 0 bridgehead atoms. The van der Waals surface area contributed by atoms with Crippen LogP contribution in [0.25, 0.3) is 11.0 Å². The Morgan fingerprint density at radius 1 is 1.06 bits per heavy atom. The van der Waals surface area contributed by atoms with Crippen LogP contribution in [0.15, 0.2) is 28.7 Å². The van der Waals surface area contributed by atoms with E-state index in [-0.39, 0.29) is 24.3 Å². The first-order valence-electron chi connectivity index (χ1n) is 12.5. The van der Waals surface area contributed by atoms with E-state index < -0.39 is 5.97 Å². The van der Waals surface area contributed by atoms with Crippen molar-refractivity contribution in [3.8, 4) is 0 Å². The standard InChI is InChI=1S/C26H36N2O6/c1-31-14-15-32-12-5-13-33-26(30)23-17-19-16-20(8-9-22(19)34-23)28-25(29)24-21(10-11-27-24)18-6-3-2-4-7-18/h8-9,16-18,21,24,27H,2-7,10-15H2,1H3,(H,28,29)/t21-,24-/m0/s1. The van der Waals surface area contributed by atoms with Crippen LogP contribution in [0.1, 0.15) is 55.5 Å². The Kier molecular flexibility index (Phi) is 8.96. The fourth-order valence-corrected chi connectivity index (χ4v) is 5.16. The molecule has 1 saturated carbocycles. The van der Waals surface area contributed by atoms with E-state index in [0.717, 1.165) is 18.4 Å². The van der Waals surface area contributed by atoms with E-state index >= 15 is 0 Å². The molecule has 1 saturated heterocycles. The Labute approximate surface area is 200 Å². The minimum atomic E-state index is -0.510. The van der Waals surface area contributed by atoms with Gasteiger partial charge in [0.2, 0.25) is 11.7 Å². The monoisotopic (exact) mass is 472 g/mol. The van der Waals surface area contributed by atoms with E-state index in [0.29, 0.717) is 49.3 Å². The van der Waals surface area contributed by atoms with Gasteiger partial charge in [0.05, 0.1) is 25.9 Å². The van der Waals surface area contributed by atoms with E-state index in [2.05, 4.69) is 10.6 Å². The zero-order valence-corrected chi connectivity index (χ0v) is 20.0.